The number of ether oxygens (including phenoxy) is 1. The highest BCUT2D eigenvalue weighted by Gasteiger charge is 2.13. The maximum atomic E-state index is 13.8. The van der Waals surface area contributed by atoms with Gasteiger partial charge in [0.05, 0.1) is 24.6 Å². The number of amides is 2. The van der Waals surface area contributed by atoms with E-state index in [9.17, 15) is 14.3 Å². The van der Waals surface area contributed by atoms with E-state index in [1.165, 1.54) is 23.5 Å². The van der Waals surface area contributed by atoms with Gasteiger partial charge in [-0.2, -0.15) is 0 Å². The van der Waals surface area contributed by atoms with Crippen LogP contribution < -0.4 is 20.3 Å². The molecular formula is C23H26FN5O3S. The third-order valence-corrected chi connectivity index (χ3v) is 6.20. The second-order valence-electron chi connectivity index (χ2n) is 7.45. The first kappa shape index (κ1) is 22.8. The fraction of sp³-hybridized carbons (Fsp3) is 0.304. The van der Waals surface area contributed by atoms with Gasteiger partial charge in [0.1, 0.15) is 0 Å². The second-order valence-corrected chi connectivity index (χ2v) is 8.29. The number of aromatic nitrogens is 1. The van der Waals surface area contributed by atoms with Crippen LogP contribution in [-0.2, 0) is 11.3 Å². The van der Waals surface area contributed by atoms with Gasteiger partial charge in [0, 0.05) is 50.4 Å². The Bertz CT molecular complexity index is 1170. The number of anilines is 1. The maximum absolute atomic E-state index is 13.8. The van der Waals surface area contributed by atoms with Crippen LogP contribution in [0.5, 0.6) is 5.75 Å². The molecule has 1 aliphatic heterocycles. The van der Waals surface area contributed by atoms with Crippen molar-refractivity contribution < 1.29 is 19.0 Å². The average Bonchev–Trinajstić information content (AvgIpc) is 3.24. The van der Waals surface area contributed by atoms with Crippen LogP contribution in [0, 0.1) is 5.82 Å². The van der Waals surface area contributed by atoms with Gasteiger partial charge in [0.2, 0.25) is 0 Å². The Kier molecular flexibility index (Phi) is 7.26. The van der Waals surface area contributed by atoms with Gasteiger partial charge in [-0.25, -0.2) is 14.2 Å². The van der Waals surface area contributed by atoms with Gasteiger partial charge in [-0.3, -0.25) is 0 Å². The number of morpholine rings is 1. The van der Waals surface area contributed by atoms with Gasteiger partial charge in [0.25, 0.3) is 0 Å². The normalized spacial score (nSPS) is 14.4. The lowest BCUT2D eigenvalue weighted by Crippen LogP contribution is -2.36. The average molecular weight is 472 g/mol. The molecule has 2 amide bonds. The molecule has 1 fully saturated rings. The zero-order valence-electron chi connectivity index (χ0n) is 18.3. The number of rotatable bonds is 6. The van der Waals surface area contributed by atoms with E-state index in [4.69, 9.17) is 4.74 Å². The number of carbonyl (C=O) groups is 1. The molecule has 0 spiro atoms. The van der Waals surface area contributed by atoms with E-state index < -0.39 is 11.6 Å². The van der Waals surface area contributed by atoms with E-state index in [1.54, 1.807) is 13.1 Å². The lowest BCUT2D eigenvalue weighted by Gasteiger charge is -2.28. The highest BCUT2D eigenvalue weighted by molar-refractivity contribution is 7.07. The Labute approximate surface area is 195 Å². The van der Waals surface area contributed by atoms with E-state index in [2.05, 4.69) is 44.8 Å². The van der Waals surface area contributed by atoms with E-state index in [1.807, 2.05) is 9.95 Å². The summed E-state index contributed by atoms with van der Waals surface area (Å²) in [5.74, 6) is -1.14. The van der Waals surface area contributed by atoms with Crippen LogP contribution in [-0.4, -0.2) is 55.6 Å². The summed E-state index contributed by atoms with van der Waals surface area (Å²) in [6.07, 6.45) is 0. The molecule has 1 aromatic heterocycles. The third kappa shape index (κ3) is 5.52. The molecule has 0 bridgehead atoms. The lowest BCUT2D eigenvalue weighted by atomic mass is 10.1. The monoisotopic (exact) mass is 471 g/mol. The number of nitrogens with one attached hydrogen (secondary N) is 2. The lowest BCUT2D eigenvalue weighted by molar-refractivity contribution is 0.122. The zero-order valence-corrected chi connectivity index (χ0v) is 19.1. The molecule has 0 saturated carbocycles. The van der Waals surface area contributed by atoms with Crippen LogP contribution in [0.15, 0.2) is 52.8 Å². The second kappa shape index (κ2) is 10.5. The third-order valence-electron chi connectivity index (χ3n) is 5.34. The summed E-state index contributed by atoms with van der Waals surface area (Å²) in [5, 5.41) is 16.8. The number of halogens is 1. The predicted octanol–water partition coefficient (Wildman–Crippen LogP) is 3.06. The first-order valence-electron chi connectivity index (χ1n) is 10.7. The van der Waals surface area contributed by atoms with Gasteiger partial charge in [-0.15, -0.1) is 11.3 Å². The standard InChI is InChI=1S/C23H26FN5O3S/c1-25-22(31)26-8-9-29-20(15-33-23(29)27-17-4-7-21(30)19(24)14-17)16-2-5-18(6-3-16)28-10-12-32-13-11-28/h2-7,14-15,30H,8-13H2,1H3,(H2,25,26,31). The van der Waals surface area contributed by atoms with Crippen molar-refractivity contribution in [1.29, 1.82) is 0 Å². The maximum Gasteiger partial charge on any atom is 0.314 e. The van der Waals surface area contributed by atoms with Gasteiger partial charge < -0.3 is 29.9 Å². The molecule has 0 unspecified atom stereocenters. The number of thiazole rings is 1. The minimum Gasteiger partial charge on any atom is -0.505 e. The summed E-state index contributed by atoms with van der Waals surface area (Å²) < 4.78 is 21.2. The van der Waals surface area contributed by atoms with Crippen molar-refractivity contribution in [2.45, 2.75) is 6.54 Å². The molecule has 0 atom stereocenters. The molecule has 3 N–H and O–H groups in total. The van der Waals surface area contributed by atoms with Crippen molar-refractivity contribution in [1.82, 2.24) is 15.2 Å². The van der Waals surface area contributed by atoms with Crippen LogP contribution in [0.25, 0.3) is 11.3 Å². The molecule has 0 radical (unpaired) electrons. The number of carbonyl (C=O) groups excluding carboxylic acids is 1. The van der Waals surface area contributed by atoms with E-state index in [0.717, 1.165) is 43.2 Å². The summed E-state index contributed by atoms with van der Waals surface area (Å²) in [5.41, 5.74) is 3.51. The first-order chi connectivity index (χ1) is 16.0. The topological polar surface area (TPSA) is 91.1 Å². The number of aromatic hydroxyl groups is 1. The fourth-order valence-corrected chi connectivity index (χ4v) is 4.53. The molecule has 174 valence electrons. The van der Waals surface area contributed by atoms with E-state index in [-0.39, 0.29) is 6.03 Å². The van der Waals surface area contributed by atoms with Gasteiger partial charge in [-0.1, -0.05) is 12.1 Å². The van der Waals surface area contributed by atoms with Crippen molar-refractivity contribution in [3.05, 3.63) is 58.5 Å². The van der Waals surface area contributed by atoms with Crippen molar-refractivity contribution in [3.8, 4) is 17.0 Å². The van der Waals surface area contributed by atoms with Gasteiger partial charge in [0.15, 0.2) is 16.4 Å². The number of phenolic OH excluding ortho intramolecular Hbond substituents is 1. The molecule has 10 heteroatoms. The quantitative estimate of drug-likeness (QED) is 0.515. The van der Waals surface area contributed by atoms with Gasteiger partial charge >= 0.3 is 6.03 Å². The number of urea groups is 1. The molecule has 1 aliphatic rings. The molecule has 3 aromatic rings. The Balaban J connectivity index is 1.65. The predicted molar refractivity (Wildman–Crippen MR) is 127 cm³/mol. The van der Waals surface area contributed by atoms with Crippen molar-refractivity contribution in [2.24, 2.45) is 4.99 Å². The highest BCUT2D eigenvalue weighted by Crippen LogP contribution is 2.25. The molecule has 4 rings (SSSR count). The number of phenols is 1. The van der Waals surface area contributed by atoms with E-state index in [0.29, 0.717) is 23.6 Å². The SMILES string of the molecule is CNC(=O)NCCn1c(-c2ccc(N3CCOCC3)cc2)csc1=Nc1ccc(O)c(F)c1. The smallest absolute Gasteiger partial charge is 0.314 e. The minimum atomic E-state index is -0.723. The molecule has 1 saturated heterocycles. The van der Waals surface area contributed by atoms with Crippen LogP contribution in [0.4, 0.5) is 20.6 Å². The summed E-state index contributed by atoms with van der Waals surface area (Å²) in [6, 6.07) is 12.1. The molecule has 0 aliphatic carbocycles. The summed E-state index contributed by atoms with van der Waals surface area (Å²) in [6.45, 7) is 4.08. The zero-order chi connectivity index (χ0) is 23.2. The molecule has 2 heterocycles. The van der Waals surface area contributed by atoms with Crippen molar-refractivity contribution in [2.75, 3.05) is 44.8 Å². The Morgan fingerprint density at radius 1 is 1.21 bits per heavy atom. The number of nitrogens with zero attached hydrogens (tertiary/aromatic N) is 3. The van der Waals surface area contributed by atoms with Crippen LogP contribution in [0.1, 0.15) is 0 Å². The largest absolute Gasteiger partial charge is 0.505 e. The Morgan fingerprint density at radius 3 is 2.67 bits per heavy atom. The van der Waals surface area contributed by atoms with Crippen LogP contribution in [0.2, 0.25) is 0 Å². The highest BCUT2D eigenvalue weighted by atomic mass is 32.1. The molecule has 8 nitrogen and oxygen atoms in total. The summed E-state index contributed by atoms with van der Waals surface area (Å²) in [4.78, 5) is 19.1. The Morgan fingerprint density at radius 2 is 1.97 bits per heavy atom. The van der Waals surface area contributed by atoms with Crippen LogP contribution >= 0.6 is 11.3 Å². The summed E-state index contributed by atoms with van der Waals surface area (Å²) in [7, 11) is 1.56. The van der Waals surface area contributed by atoms with Gasteiger partial charge in [-0.05, 0) is 29.8 Å². The Hall–Kier alpha value is -3.37. The van der Waals surface area contributed by atoms with Crippen molar-refractivity contribution >= 4 is 28.7 Å². The molecular weight excluding hydrogens is 445 g/mol. The number of benzene rings is 2. The van der Waals surface area contributed by atoms with E-state index >= 15 is 0 Å². The van der Waals surface area contributed by atoms with Crippen LogP contribution in [0.3, 0.4) is 0 Å². The summed E-state index contributed by atoms with van der Waals surface area (Å²) >= 11 is 1.43. The fourth-order valence-electron chi connectivity index (χ4n) is 3.58. The molecule has 33 heavy (non-hydrogen) atoms. The van der Waals surface area contributed by atoms with Crippen molar-refractivity contribution in [3.63, 3.8) is 0 Å². The number of hydrogen-bond donors (Lipinski definition) is 3. The first-order valence-corrected chi connectivity index (χ1v) is 11.5. The molecule has 2 aromatic carbocycles. The minimum absolute atomic E-state index is 0.263. The number of hydrogen-bond acceptors (Lipinski definition) is 6.